The number of carbonyl (C=O) groups excluding carboxylic acids is 2. The van der Waals surface area contributed by atoms with Crippen LogP contribution in [0.15, 0.2) is 48.5 Å². The molecule has 1 N–H and O–H groups in total. The van der Waals surface area contributed by atoms with E-state index < -0.39 is 23.3 Å². The van der Waals surface area contributed by atoms with Crippen LogP contribution in [0.1, 0.15) is 33.3 Å². The molecule has 0 bridgehead atoms. The predicted octanol–water partition coefficient (Wildman–Crippen LogP) is 4.19. The van der Waals surface area contributed by atoms with Crippen LogP contribution in [0.25, 0.3) is 0 Å². The van der Waals surface area contributed by atoms with Crippen LogP contribution in [0, 0.1) is 5.82 Å². The van der Waals surface area contributed by atoms with Crippen molar-refractivity contribution in [2.45, 2.75) is 45.8 Å². The van der Waals surface area contributed by atoms with E-state index in [0.29, 0.717) is 5.02 Å². The smallest absolute Gasteiger partial charge is 0.261 e. The molecule has 0 aliphatic heterocycles. The maximum Gasteiger partial charge on any atom is 0.261 e. The molecule has 0 aliphatic carbocycles. The highest BCUT2D eigenvalue weighted by Gasteiger charge is 2.28. The van der Waals surface area contributed by atoms with Gasteiger partial charge >= 0.3 is 0 Å². The van der Waals surface area contributed by atoms with E-state index in [4.69, 9.17) is 16.3 Å². The van der Waals surface area contributed by atoms with Gasteiger partial charge in [-0.1, -0.05) is 35.9 Å². The highest BCUT2D eigenvalue weighted by molar-refractivity contribution is 6.30. The Labute approximate surface area is 175 Å². The molecule has 0 fully saturated rings. The van der Waals surface area contributed by atoms with Gasteiger partial charge in [-0.25, -0.2) is 4.39 Å². The summed E-state index contributed by atoms with van der Waals surface area (Å²) < 4.78 is 19.1. The number of hydrogen-bond donors (Lipinski definition) is 1. The number of nitrogens with zero attached hydrogens (tertiary/aromatic N) is 1. The Morgan fingerprint density at radius 1 is 1.14 bits per heavy atom. The number of carbonyl (C=O) groups is 2. The lowest BCUT2D eigenvalue weighted by molar-refractivity contribution is -0.142. The molecule has 5 nitrogen and oxygen atoms in total. The third-order valence-corrected chi connectivity index (χ3v) is 4.37. The Kier molecular flexibility index (Phi) is 7.62. The van der Waals surface area contributed by atoms with Crippen molar-refractivity contribution in [3.8, 4) is 5.75 Å². The Morgan fingerprint density at radius 3 is 2.34 bits per heavy atom. The molecule has 0 saturated heterocycles. The van der Waals surface area contributed by atoms with Gasteiger partial charge in [-0.15, -0.1) is 0 Å². The summed E-state index contributed by atoms with van der Waals surface area (Å²) in [6, 6.07) is 12.1. The minimum Gasteiger partial charge on any atom is -0.481 e. The number of halogens is 2. The summed E-state index contributed by atoms with van der Waals surface area (Å²) in [7, 11) is 0. The van der Waals surface area contributed by atoms with Gasteiger partial charge < -0.3 is 15.0 Å². The SMILES string of the molecule is C[C@H](C(=O)NC(C)(C)C)N(Cc1ccc(Cl)cc1)C(=O)COc1ccccc1F. The van der Waals surface area contributed by atoms with E-state index in [1.807, 2.05) is 20.8 Å². The van der Waals surface area contributed by atoms with Crippen LogP contribution < -0.4 is 10.1 Å². The molecule has 29 heavy (non-hydrogen) atoms. The average molecular weight is 421 g/mol. The Morgan fingerprint density at radius 2 is 1.76 bits per heavy atom. The summed E-state index contributed by atoms with van der Waals surface area (Å²) in [6.45, 7) is 7.05. The molecule has 156 valence electrons. The zero-order chi connectivity index (χ0) is 21.6. The van der Waals surface area contributed by atoms with Crippen LogP contribution in [0.5, 0.6) is 5.75 Å². The summed E-state index contributed by atoms with van der Waals surface area (Å²) in [6.07, 6.45) is 0. The second kappa shape index (κ2) is 9.74. The van der Waals surface area contributed by atoms with Crippen molar-refractivity contribution >= 4 is 23.4 Å². The summed E-state index contributed by atoms with van der Waals surface area (Å²) in [4.78, 5) is 26.9. The zero-order valence-corrected chi connectivity index (χ0v) is 17.8. The van der Waals surface area contributed by atoms with Crippen LogP contribution in [-0.4, -0.2) is 34.9 Å². The Bertz CT molecular complexity index is 850. The molecule has 0 radical (unpaired) electrons. The van der Waals surface area contributed by atoms with Crippen molar-refractivity contribution in [1.82, 2.24) is 10.2 Å². The third kappa shape index (κ3) is 7.06. The molecule has 2 aromatic rings. The van der Waals surface area contributed by atoms with Gasteiger partial charge in [0.05, 0.1) is 0 Å². The van der Waals surface area contributed by atoms with E-state index in [2.05, 4.69) is 5.32 Å². The number of nitrogens with one attached hydrogen (secondary N) is 1. The molecular weight excluding hydrogens is 395 g/mol. The van der Waals surface area contributed by atoms with Crippen molar-refractivity contribution < 1.29 is 18.7 Å². The minimum absolute atomic E-state index is 0.0147. The number of benzene rings is 2. The molecular formula is C22H26ClFN2O3. The minimum atomic E-state index is -0.748. The first-order chi connectivity index (χ1) is 13.6. The van der Waals surface area contributed by atoms with E-state index in [-0.39, 0.29) is 24.8 Å². The maximum atomic E-state index is 13.8. The van der Waals surface area contributed by atoms with Crippen LogP contribution in [0.2, 0.25) is 5.02 Å². The van der Waals surface area contributed by atoms with Gasteiger partial charge in [-0.3, -0.25) is 9.59 Å². The van der Waals surface area contributed by atoms with Crippen molar-refractivity contribution in [3.63, 3.8) is 0 Å². The van der Waals surface area contributed by atoms with Gasteiger partial charge in [0.2, 0.25) is 5.91 Å². The van der Waals surface area contributed by atoms with E-state index in [1.165, 1.54) is 23.1 Å². The number of ether oxygens (including phenoxy) is 1. The molecule has 0 heterocycles. The molecule has 0 spiro atoms. The Hall–Kier alpha value is -2.60. The zero-order valence-electron chi connectivity index (χ0n) is 17.0. The topological polar surface area (TPSA) is 58.6 Å². The second-order valence-corrected chi connectivity index (χ2v) is 8.22. The summed E-state index contributed by atoms with van der Waals surface area (Å²) in [5, 5.41) is 3.45. The van der Waals surface area contributed by atoms with Crippen molar-refractivity contribution in [2.24, 2.45) is 0 Å². The van der Waals surface area contributed by atoms with Crippen molar-refractivity contribution in [3.05, 3.63) is 64.9 Å². The summed E-state index contributed by atoms with van der Waals surface area (Å²) in [5.41, 5.74) is 0.369. The average Bonchev–Trinajstić information content (AvgIpc) is 2.64. The van der Waals surface area contributed by atoms with Gasteiger partial charge in [0.15, 0.2) is 18.2 Å². The van der Waals surface area contributed by atoms with Crippen LogP contribution in [-0.2, 0) is 16.1 Å². The van der Waals surface area contributed by atoms with Crippen molar-refractivity contribution in [1.29, 1.82) is 0 Å². The van der Waals surface area contributed by atoms with Gasteiger partial charge in [0.1, 0.15) is 6.04 Å². The third-order valence-electron chi connectivity index (χ3n) is 4.12. The van der Waals surface area contributed by atoms with Crippen LogP contribution in [0.4, 0.5) is 4.39 Å². The highest BCUT2D eigenvalue weighted by Crippen LogP contribution is 2.17. The molecule has 2 aromatic carbocycles. The monoisotopic (exact) mass is 420 g/mol. The fourth-order valence-corrected chi connectivity index (χ4v) is 2.75. The number of para-hydroxylation sites is 1. The van der Waals surface area contributed by atoms with E-state index in [0.717, 1.165) is 5.56 Å². The molecule has 2 rings (SSSR count). The first kappa shape index (κ1) is 22.7. The lowest BCUT2D eigenvalue weighted by atomic mass is 10.1. The maximum absolute atomic E-state index is 13.8. The van der Waals surface area contributed by atoms with Crippen molar-refractivity contribution in [2.75, 3.05) is 6.61 Å². The largest absolute Gasteiger partial charge is 0.481 e. The summed E-state index contributed by atoms with van der Waals surface area (Å²) >= 11 is 5.93. The van der Waals surface area contributed by atoms with Crippen LogP contribution in [0.3, 0.4) is 0 Å². The molecule has 7 heteroatoms. The van der Waals surface area contributed by atoms with Crippen LogP contribution >= 0.6 is 11.6 Å². The second-order valence-electron chi connectivity index (χ2n) is 7.78. The quantitative estimate of drug-likeness (QED) is 0.730. The fourth-order valence-electron chi connectivity index (χ4n) is 2.63. The first-order valence-corrected chi connectivity index (χ1v) is 9.68. The molecule has 2 amide bonds. The lowest BCUT2D eigenvalue weighted by Gasteiger charge is -2.31. The lowest BCUT2D eigenvalue weighted by Crippen LogP contribution is -2.53. The van der Waals surface area contributed by atoms with E-state index >= 15 is 0 Å². The number of rotatable bonds is 7. The van der Waals surface area contributed by atoms with Gasteiger partial charge in [0, 0.05) is 17.1 Å². The number of hydrogen-bond acceptors (Lipinski definition) is 3. The molecule has 0 aliphatic rings. The van der Waals surface area contributed by atoms with Gasteiger partial charge in [-0.2, -0.15) is 0 Å². The van der Waals surface area contributed by atoms with Gasteiger partial charge in [-0.05, 0) is 57.5 Å². The molecule has 1 atom stereocenters. The number of amides is 2. The highest BCUT2D eigenvalue weighted by atomic mass is 35.5. The molecule has 0 unspecified atom stereocenters. The summed E-state index contributed by atoms with van der Waals surface area (Å²) in [5.74, 6) is -1.28. The first-order valence-electron chi connectivity index (χ1n) is 9.30. The molecule has 0 saturated carbocycles. The van der Waals surface area contributed by atoms with E-state index in [9.17, 15) is 14.0 Å². The van der Waals surface area contributed by atoms with E-state index in [1.54, 1.807) is 37.3 Å². The molecule has 0 aromatic heterocycles. The van der Waals surface area contributed by atoms with Gasteiger partial charge in [0.25, 0.3) is 5.91 Å². The normalized spacial score (nSPS) is 12.2. The fraction of sp³-hybridized carbons (Fsp3) is 0.364. The Balaban J connectivity index is 2.18. The predicted molar refractivity (Wildman–Crippen MR) is 111 cm³/mol. The standard InChI is InChI=1S/C22H26ClFN2O3/c1-15(21(28)25-22(2,3)4)26(13-16-9-11-17(23)12-10-16)20(27)14-29-19-8-6-5-7-18(19)24/h5-12,15H,13-14H2,1-4H3,(H,25,28)/t15-/m1/s1.